The van der Waals surface area contributed by atoms with Gasteiger partial charge in [0.15, 0.2) is 11.6 Å². The lowest BCUT2D eigenvalue weighted by molar-refractivity contribution is -0.129. The van der Waals surface area contributed by atoms with Gasteiger partial charge in [-0.1, -0.05) is 26.0 Å². The molecule has 0 aromatic rings. The van der Waals surface area contributed by atoms with E-state index in [2.05, 4.69) is 20.4 Å². The normalized spacial score (nSPS) is 47.6. The molecule has 0 N–H and O–H groups in total. The predicted molar refractivity (Wildman–Crippen MR) is 86.2 cm³/mol. The van der Waals surface area contributed by atoms with Gasteiger partial charge in [0.2, 0.25) is 0 Å². The Morgan fingerprint density at radius 1 is 1.05 bits per heavy atom. The van der Waals surface area contributed by atoms with E-state index in [9.17, 15) is 9.59 Å². The number of Topliss-reactive ketones (excluding diaryl/α,β-unsaturated/α-hetero) is 1. The molecular weight excluding hydrogens is 272 g/mol. The van der Waals surface area contributed by atoms with E-state index in [0.29, 0.717) is 30.6 Å². The van der Waals surface area contributed by atoms with Crippen molar-refractivity contribution in [2.45, 2.75) is 58.8 Å². The first-order valence-electron chi connectivity index (χ1n) is 8.83. The summed E-state index contributed by atoms with van der Waals surface area (Å²) >= 11 is 0. The van der Waals surface area contributed by atoms with Crippen LogP contribution in [0, 0.1) is 28.6 Å². The SMILES string of the molecule is C=C1CCC2C3CC(=O)C4=CC(=O)CC[C@]4(C)C3CC[C@]12C. The lowest BCUT2D eigenvalue weighted by Gasteiger charge is -2.56. The second kappa shape index (κ2) is 4.43. The largest absolute Gasteiger partial charge is 0.295 e. The molecule has 0 heterocycles. The number of carbonyl (C=O) groups excluding carboxylic acids is 2. The Labute approximate surface area is 133 Å². The summed E-state index contributed by atoms with van der Waals surface area (Å²) in [5.74, 6) is 2.10. The molecule has 4 aliphatic carbocycles. The van der Waals surface area contributed by atoms with Crippen LogP contribution in [-0.4, -0.2) is 11.6 Å². The van der Waals surface area contributed by atoms with E-state index in [1.54, 1.807) is 6.08 Å². The maximum absolute atomic E-state index is 12.8. The van der Waals surface area contributed by atoms with Crippen LogP contribution >= 0.6 is 0 Å². The Morgan fingerprint density at radius 3 is 2.55 bits per heavy atom. The van der Waals surface area contributed by atoms with E-state index >= 15 is 0 Å². The van der Waals surface area contributed by atoms with Gasteiger partial charge < -0.3 is 0 Å². The number of fused-ring (bicyclic) bond motifs is 5. The fourth-order valence-electron chi connectivity index (χ4n) is 6.29. The third kappa shape index (κ3) is 1.67. The molecule has 0 radical (unpaired) electrons. The van der Waals surface area contributed by atoms with Gasteiger partial charge in [0.1, 0.15) is 0 Å². The van der Waals surface area contributed by atoms with Crippen molar-refractivity contribution in [2.24, 2.45) is 28.6 Å². The maximum atomic E-state index is 12.8. The highest BCUT2D eigenvalue weighted by atomic mass is 16.1. The lowest BCUT2D eigenvalue weighted by Crippen LogP contribution is -2.52. The lowest BCUT2D eigenvalue weighted by atomic mass is 9.47. The Balaban J connectivity index is 1.76. The summed E-state index contributed by atoms with van der Waals surface area (Å²) in [7, 11) is 0. The first-order chi connectivity index (χ1) is 10.4. The number of rotatable bonds is 0. The highest BCUT2D eigenvalue weighted by Crippen LogP contribution is 2.65. The van der Waals surface area contributed by atoms with E-state index in [-0.39, 0.29) is 22.4 Å². The minimum Gasteiger partial charge on any atom is -0.295 e. The van der Waals surface area contributed by atoms with Crippen molar-refractivity contribution in [3.63, 3.8) is 0 Å². The quantitative estimate of drug-likeness (QED) is 0.626. The molecule has 22 heavy (non-hydrogen) atoms. The Morgan fingerprint density at radius 2 is 1.77 bits per heavy atom. The number of carbonyl (C=O) groups is 2. The zero-order valence-corrected chi connectivity index (χ0v) is 13.8. The van der Waals surface area contributed by atoms with Gasteiger partial charge in [0.25, 0.3) is 0 Å². The van der Waals surface area contributed by atoms with E-state index in [0.717, 1.165) is 18.4 Å². The van der Waals surface area contributed by atoms with Crippen molar-refractivity contribution >= 4 is 11.6 Å². The predicted octanol–water partition coefficient (Wildman–Crippen LogP) is 4.25. The van der Waals surface area contributed by atoms with Gasteiger partial charge in [-0.2, -0.15) is 0 Å². The van der Waals surface area contributed by atoms with E-state index in [1.807, 2.05) is 0 Å². The van der Waals surface area contributed by atoms with Crippen molar-refractivity contribution in [3.05, 3.63) is 23.8 Å². The van der Waals surface area contributed by atoms with Crippen molar-refractivity contribution in [1.82, 2.24) is 0 Å². The number of allylic oxidation sites excluding steroid dienone is 2. The van der Waals surface area contributed by atoms with Crippen LogP contribution in [0.2, 0.25) is 0 Å². The first-order valence-corrected chi connectivity index (χ1v) is 8.83. The van der Waals surface area contributed by atoms with E-state index in [1.165, 1.54) is 24.8 Å². The molecule has 0 aliphatic heterocycles. The molecule has 2 heteroatoms. The summed E-state index contributed by atoms with van der Waals surface area (Å²) in [5, 5.41) is 0. The average Bonchev–Trinajstić information content (AvgIpc) is 2.77. The highest BCUT2D eigenvalue weighted by molar-refractivity contribution is 6.05. The third-order valence-electron chi connectivity index (χ3n) is 7.74. The topological polar surface area (TPSA) is 34.1 Å². The minimum atomic E-state index is -0.0564. The number of hydrogen-bond acceptors (Lipinski definition) is 2. The summed E-state index contributed by atoms with van der Waals surface area (Å²) in [6.07, 6.45) is 8.57. The smallest absolute Gasteiger partial charge is 0.159 e. The standard InChI is InChI=1S/C20H26O2/c1-12-4-5-15-14-11-18(22)17-10-13(21)6-8-20(17,3)16(14)7-9-19(12,15)2/h10,14-16H,1,4-9,11H2,2-3H3/t14?,15?,16?,19-,20-/m1/s1. The Kier molecular flexibility index (Phi) is 2.90. The second-order valence-electron chi connectivity index (χ2n) is 8.54. The molecular formula is C20H26O2. The monoisotopic (exact) mass is 298 g/mol. The Hall–Kier alpha value is -1.18. The van der Waals surface area contributed by atoms with Crippen molar-refractivity contribution in [1.29, 1.82) is 0 Å². The molecule has 5 atom stereocenters. The molecule has 4 aliphatic rings. The van der Waals surface area contributed by atoms with Crippen LogP contribution in [-0.2, 0) is 9.59 Å². The van der Waals surface area contributed by atoms with Crippen LogP contribution in [0.25, 0.3) is 0 Å². The molecule has 4 rings (SSSR count). The summed E-state index contributed by atoms with van der Waals surface area (Å²) in [5.41, 5.74) is 2.46. The van der Waals surface area contributed by atoms with Gasteiger partial charge >= 0.3 is 0 Å². The summed E-state index contributed by atoms with van der Waals surface area (Å²) < 4.78 is 0. The van der Waals surface area contributed by atoms with Gasteiger partial charge in [0.05, 0.1) is 0 Å². The number of hydrogen-bond donors (Lipinski definition) is 0. The molecule has 0 amide bonds. The molecule has 0 spiro atoms. The molecule has 0 aromatic heterocycles. The summed E-state index contributed by atoms with van der Waals surface area (Å²) in [6.45, 7) is 8.97. The van der Waals surface area contributed by atoms with Gasteiger partial charge in [-0.25, -0.2) is 0 Å². The molecule has 3 unspecified atom stereocenters. The van der Waals surface area contributed by atoms with Crippen molar-refractivity contribution < 1.29 is 9.59 Å². The zero-order chi connectivity index (χ0) is 15.7. The van der Waals surface area contributed by atoms with Crippen LogP contribution < -0.4 is 0 Å². The van der Waals surface area contributed by atoms with Crippen LogP contribution in [0.5, 0.6) is 0 Å². The molecule has 3 saturated carbocycles. The Bertz CT molecular complexity index is 613. The molecule has 0 aromatic carbocycles. The van der Waals surface area contributed by atoms with E-state index in [4.69, 9.17) is 0 Å². The third-order valence-corrected chi connectivity index (χ3v) is 7.74. The van der Waals surface area contributed by atoms with Crippen LogP contribution in [0.3, 0.4) is 0 Å². The van der Waals surface area contributed by atoms with Crippen LogP contribution in [0.1, 0.15) is 58.8 Å². The zero-order valence-electron chi connectivity index (χ0n) is 13.8. The summed E-state index contributed by atoms with van der Waals surface area (Å²) in [6, 6.07) is 0. The molecule has 118 valence electrons. The minimum absolute atomic E-state index is 0.0564. The number of ketones is 2. The second-order valence-corrected chi connectivity index (χ2v) is 8.54. The molecule has 3 fully saturated rings. The first kappa shape index (κ1) is 14.4. The van der Waals surface area contributed by atoms with Crippen molar-refractivity contribution in [2.75, 3.05) is 0 Å². The maximum Gasteiger partial charge on any atom is 0.159 e. The van der Waals surface area contributed by atoms with Gasteiger partial charge in [-0.05, 0) is 66.8 Å². The molecule has 2 nitrogen and oxygen atoms in total. The van der Waals surface area contributed by atoms with Crippen LogP contribution in [0.4, 0.5) is 0 Å². The van der Waals surface area contributed by atoms with Gasteiger partial charge in [0, 0.05) is 18.4 Å². The molecule has 0 saturated heterocycles. The van der Waals surface area contributed by atoms with Crippen molar-refractivity contribution in [3.8, 4) is 0 Å². The summed E-state index contributed by atoms with van der Waals surface area (Å²) in [4.78, 5) is 24.6. The fourth-order valence-corrected chi connectivity index (χ4v) is 6.29. The van der Waals surface area contributed by atoms with Gasteiger partial charge in [-0.3, -0.25) is 9.59 Å². The highest BCUT2D eigenvalue weighted by Gasteiger charge is 2.59. The fraction of sp³-hybridized carbons (Fsp3) is 0.700. The average molecular weight is 298 g/mol. The van der Waals surface area contributed by atoms with Gasteiger partial charge in [-0.15, -0.1) is 0 Å². The van der Waals surface area contributed by atoms with E-state index < -0.39 is 0 Å². The van der Waals surface area contributed by atoms with Crippen LogP contribution in [0.15, 0.2) is 23.8 Å². The molecule has 0 bridgehead atoms.